The van der Waals surface area contributed by atoms with Crippen molar-refractivity contribution in [1.29, 1.82) is 0 Å². The zero-order valence-electron chi connectivity index (χ0n) is 13.5. The van der Waals surface area contributed by atoms with E-state index in [1.165, 1.54) is 6.42 Å². The van der Waals surface area contributed by atoms with Crippen LogP contribution in [0.3, 0.4) is 0 Å². The summed E-state index contributed by atoms with van der Waals surface area (Å²) in [7, 11) is 0. The third-order valence-corrected chi connectivity index (χ3v) is 4.85. The van der Waals surface area contributed by atoms with Crippen molar-refractivity contribution < 1.29 is 9.53 Å². The van der Waals surface area contributed by atoms with Crippen molar-refractivity contribution in [2.75, 3.05) is 26.3 Å². The van der Waals surface area contributed by atoms with E-state index in [2.05, 4.69) is 22.0 Å². The highest BCUT2D eigenvalue weighted by Crippen LogP contribution is 2.24. The second-order valence-electron chi connectivity index (χ2n) is 6.65. The van der Waals surface area contributed by atoms with Gasteiger partial charge in [0.1, 0.15) is 0 Å². The number of ether oxygens (including phenoxy) is 1. The average Bonchev–Trinajstić information content (AvgIpc) is 2.55. The lowest BCUT2D eigenvalue weighted by atomic mass is 9.91. The lowest BCUT2D eigenvalue weighted by Crippen LogP contribution is -2.44. The molecule has 22 heavy (non-hydrogen) atoms. The minimum absolute atomic E-state index is 0.185. The maximum atomic E-state index is 12.7. The Bertz CT molecular complexity index is 512. The molecule has 1 amide bonds. The van der Waals surface area contributed by atoms with E-state index in [0.717, 1.165) is 63.4 Å². The Kier molecular flexibility index (Phi) is 5.08. The molecule has 120 valence electrons. The maximum Gasteiger partial charge on any atom is 0.225 e. The van der Waals surface area contributed by atoms with Crippen molar-refractivity contribution >= 4 is 5.91 Å². The Hall–Kier alpha value is -1.42. The first kappa shape index (κ1) is 15.5. The molecule has 1 aromatic heterocycles. The molecule has 0 saturated carbocycles. The van der Waals surface area contributed by atoms with E-state index >= 15 is 0 Å². The molecular formula is C18H26N2O2. The summed E-state index contributed by atoms with van der Waals surface area (Å²) in [6.45, 7) is 5.33. The zero-order chi connectivity index (χ0) is 15.4. The topological polar surface area (TPSA) is 42.4 Å². The van der Waals surface area contributed by atoms with Gasteiger partial charge in [-0.2, -0.15) is 0 Å². The summed E-state index contributed by atoms with van der Waals surface area (Å²) in [6.07, 6.45) is 5.08. The zero-order valence-corrected chi connectivity index (χ0v) is 13.5. The maximum absolute atomic E-state index is 12.7. The summed E-state index contributed by atoms with van der Waals surface area (Å²) in [4.78, 5) is 19.4. The van der Waals surface area contributed by atoms with E-state index in [-0.39, 0.29) is 5.92 Å². The molecule has 1 atom stereocenters. The Morgan fingerprint density at radius 1 is 1.32 bits per heavy atom. The first-order valence-electron chi connectivity index (χ1n) is 8.51. The van der Waals surface area contributed by atoms with Crippen LogP contribution in [0.15, 0.2) is 18.2 Å². The SMILES string of the molecule is Cc1cccc(CC2CCCN(C(=O)C3CCOCC3)C2)n1. The van der Waals surface area contributed by atoms with Gasteiger partial charge in [-0.05, 0) is 57.1 Å². The van der Waals surface area contributed by atoms with Gasteiger partial charge in [0.25, 0.3) is 0 Å². The van der Waals surface area contributed by atoms with Crippen LogP contribution >= 0.6 is 0 Å². The van der Waals surface area contributed by atoms with Gasteiger partial charge in [-0.3, -0.25) is 9.78 Å². The number of aryl methyl sites for hydroxylation is 1. The van der Waals surface area contributed by atoms with Crippen LogP contribution in [0, 0.1) is 18.8 Å². The molecule has 2 saturated heterocycles. The number of pyridine rings is 1. The fourth-order valence-electron chi connectivity index (χ4n) is 3.64. The summed E-state index contributed by atoms with van der Waals surface area (Å²) in [5.41, 5.74) is 2.23. The second-order valence-corrected chi connectivity index (χ2v) is 6.65. The largest absolute Gasteiger partial charge is 0.381 e. The molecule has 0 aliphatic carbocycles. The monoisotopic (exact) mass is 302 g/mol. The first-order valence-corrected chi connectivity index (χ1v) is 8.51. The number of hydrogen-bond acceptors (Lipinski definition) is 3. The van der Waals surface area contributed by atoms with Crippen LogP contribution in [0.25, 0.3) is 0 Å². The molecule has 0 N–H and O–H groups in total. The number of hydrogen-bond donors (Lipinski definition) is 0. The molecule has 2 aliphatic rings. The Labute approximate surface area is 132 Å². The third kappa shape index (κ3) is 3.86. The number of amides is 1. The standard InChI is InChI=1S/C18H26N2O2/c1-14-4-2-6-17(19-14)12-15-5-3-9-20(13-15)18(21)16-7-10-22-11-8-16/h2,4,6,15-16H,3,5,7-13H2,1H3. The molecule has 0 radical (unpaired) electrons. The molecule has 0 aromatic carbocycles. The number of carbonyl (C=O) groups is 1. The summed E-state index contributed by atoms with van der Waals surface area (Å²) in [5, 5.41) is 0. The predicted molar refractivity (Wildman–Crippen MR) is 85.5 cm³/mol. The summed E-state index contributed by atoms with van der Waals surface area (Å²) in [5.74, 6) is 1.08. The normalized spacial score (nSPS) is 23.5. The third-order valence-electron chi connectivity index (χ3n) is 4.85. The van der Waals surface area contributed by atoms with Gasteiger partial charge in [0.15, 0.2) is 0 Å². The second kappa shape index (κ2) is 7.23. The van der Waals surface area contributed by atoms with Gasteiger partial charge in [0, 0.05) is 43.6 Å². The summed E-state index contributed by atoms with van der Waals surface area (Å²) >= 11 is 0. The Morgan fingerprint density at radius 2 is 2.14 bits per heavy atom. The lowest BCUT2D eigenvalue weighted by Gasteiger charge is -2.36. The van der Waals surface area contributed by atoms with E-state index in [4.69, 9.17) is 4.74 Å². The minimum Gasteiger partial charge on any atom is -0.381 e. The van der Waals surface area contributed by atoms with Gasteiger partial charge in [-0.1, -0.05) is 6.07 Å². The lowest BCUT2D eigenvalue weighted by molar-refractivity contribution is -0.140. The molecule has 4 heteroatoms. The Balaban J connectivity index is 1.57. The molecule has 3 heterocycles. The highest BCUT2D eigenvalue weighted by atomic mass is 16.5. The smallest absolute Gasteiger partial charge is 0.225 e. The molecule has 2 aliphatic heterocycles. The van der Waals surface area contributed by atoms with Crippen molar-refractivity contribution in [1.82, 2.24) is 9.88 Å². The summed E-state index contributed by atoms with van der Waals surface area (Å²) < 4.78 is 5.37. The highest BCUT2D eigenvalue weighted by Gasteiger charge is 2.30. The molecule has 3 rings (SSSR count). The van der Waals surface area contributed by atoms with Crippen LogP contribution in [0.1, 0.15) is 37.1 Å². The molecule has 1 aromatic rings. The molecular weight excluding hydrogens is 276 g/mol. The highest BCUT2D eigenvalue weighted by molar-refractivity contribution is 5.79. The number of carbonyl (C=O) groups excluding carboxylic acids is 1. The van der Waals surface area contributed by atoms with Crippen LogP contribution in [0.2, 0.25) is 0 Å². The number of nitrogens with zero attached hydrogens (tertiary/aromatic N) is 2. The number of rotatable bonds is 3. The van der Waals surface area contributed by atoms with Gasteiger partial charge >= 0.3 is 0 Å². The van der Waals surface area contributed by atoms with Crippen LogP contribution in [0.5, 0.6) is 0 Å². The quantitative estimate of drug-likeness (QED) is 0.862. The number of piperidine rings is 1. The van der Waals surface area contributed by atoms with Crippen molar-refractivity contribution in [3.8, 4) is 0 Å². The van der Waals surface area contributed by atoms with E-state index in [1.54, 1.807) is 0 Å². The molecule has 0 bridgehead atoms. The van der Waals surface area contributed by atoms with Gasteiger partial charge in [-0.25, -0.2) is 0 Å². The van der Waals surface area contributed by atoms with E-state index in [1.807, 2.05) is 13.0 Å². The molecule has 0 spiro atoms. The van der Waals surface area contributed by atoms with Crippen molar-refractivity contribution in [2.45, 2.75) is 39.0 Å². The first-order chi connectivity index (χ1) is 10.7. The average molecular weight is 302 g/mol. The fourth-order valence-corrected chi connectivity index (χ4v) is 3.64. The molecule has 4 nitrogen and oxygen atoms in total. The molecule has 2 fully saturated rings. The van der Waals surface area contributed by atoms with Crippen LogP contribution in [0.4, 0.5) is 0 Å². The van der Waals surface area contributed by atoms with Crippen LogP contribution in [-0.2, 0) is 16.0 Å². The fraction of sp³-hybridized carbons (Fsp3) is 0.667. The minimum atomic E-state index is 0.185. The number of likely N-dealkylation sites (tertiary alicyclic amines) is 1. The van der Waals surface area contributed by atoms with Gasteiger partial charge in [-0.15, -0.1) is 0 Å². The molecule has 1 unspecified atom stereocenters. The van der Waals surface area contributed by atoms with E-state index in [9.17, 15) is 4.79 Å². The van der Waals surface area contributed by atoms with E-state index in [0.29, 0.717) is 11.8 Å². The van der Waals surface area contributed by atoms with E-state index < -0.39 is 0 Å². The Morgan fingerprint density at radius 3 is 2.91 bits per heavy atom. The predicted octanol–water partition coefficient (Wildman–Crippen LogP) is 2.60. The van der Waals surface area contributed by atoms with Crippen molar-refractivity contribution in [2.24, 2.45) is 11.8 Å². The van der Waals surface area contributed by atoms with Crippen molar-refractivity contribution in [3.05, 3.63) is 29.6 Å². The van der Waals surface area contributed by atoms with Gasteiger partial charge < -0.3 is 9.64 Å². The van der Waals surface area contributed by atoms with Crippen LogP contribution < -0.4 is 0 Å². The van der Waals surface area contributed by atoms with Gasteiger partial charge in [0.2, 0.25) is 5.91 Å². The summed E-state index contributed by atoms with van der Waals surface area (Å²) in [6, 6.07) is 6.21. The van der Waals surface area contributed by atoms with Crippen molar-refractivity contribution in [3.63, 3.8) is 0 Å². The van der Waals surface area contributed by atoms with Crippen LogP contribution in [-0.4, -0.2) is 42.1 Å². The number of aromatic nitrogens is 1. The van der Waals surface area contributed by atoms with Gasteiger partial charge in [0.05, 0.1) is 0 Å².